The second-order valence-electron chi connectivity index (χ2n) is 9.92. The Morgan fingerprint density at radius 3 is 2.50 bits per heavy atom. The number of benzene rings is 2. The van der Waals surface area contributed by atoms with Crippen molar-refractivity contribution in [1.29, 1.82) is 0 Å². The Balaban J connectivity index is 1.36. The molecular formula is C28H37ClN4O. The van der Waals surface area contributed by atoms with E-state index >= 15 is 0 Å². The number of fused-ring (bicyclic) bond motifs is 1. The van der Waals surface area contributed by atoms with Gasteiger partial charge >= 0.3 is 0 Å². The van der Waals surface area contributed by atoms with Gasteiger partial charge in [-0.15, -0.1) is 5.10 Å². The van der Waals surface area contributed by atoms with Crippen molar-refractivity contribution in [2.45, 2.75) is 64.5 Å². The van der Waals surface area contributed by atoms with Crippen LogP contribution in [0.2, 0.25) is 5.02 Å². The molecule has 6 heteroatoms. The first kappa shape index (κ1) is 23.5. The molecule has 0 aliphatic carbocycles. The SMILES string of the molecule is C[C@H]1CCCN1CCCOc1nn(Cc2ccc(Cl)cc2)c2ccc(N3CCCCCC3)cc12. The fourth-order valence-electron chi connectivity index (χ4n) is 5.41. The number of ether oxygens (including phenoxy) is 1. The molecule has 3 aromatic rings. The zero-order valence-corrected chi connectivity index (χ0v) is 21.1. The molecular weight excluding hydrogens is 444 g/mol. The van der Waals surface area contributed by atoms with Gasteiger partial charge in [-0.05, 0) is 81.5 Å². The van der Waals surface area contributed by atoms with Crippen LogP contribution in [0.4, 0.5) is 5.69 Å². The van der Waals surface area contributed by atoms with E-state index in [0.717, 1.165) is 47.9 Å². The highest BCUT2D eigenvalue weighted by atomic mass is 35.5. The van der Waals surface area contributed by atoms with E-state index in [1.54, 1.807) is 0 Å². The van der Waals surface area contributed by atoms with Gasteiger partial charge in [-0.3, -0.25) is 4.68 Å². The second-order valence-corrected chi connectivity index (χ2v) is 10.4. The first-order valence-electron chi connectivity index (χ1n) is 13.0. The summed E-state index contributed by atoms with van der Waals surface area (Å²) >= 11 is 6.09. The number of anilines is 1. The van der Waals surface area contributed by atoms with Gasteiger partial charge in [0, 0.05) is 36.4 Å². The molecule has 0 unspecified atom stereocenters. The molecule has 5 rings (SSSR count). The predicted molar refractivity (Wildman–Crippen MR) is 141 cm³/mol. The summed E-state index contributed by atoms with van der Waals surface area (Å²) in [5.74, 6) is 0.759. The van der Waals surface area contributed by atoms with Gasteiger partial charge in [0.1, 0.15) is 0 Å². The average molecular weight is 481 g/mol. The molecule has 1 aromatic heterocycles. The average Bonchev–Trinajstić information content (AvgIpc) is 3.28. The van der Waals surface area contributed by atoms with E-state index in [0.29, 0.717) is 19.2 Å². The summed E-state index contributed by atoms with van der Waals surface area (Å²) < 4.78 is 8.39. The minimum Gasteiger partial charge on any atom is -0.476 e. The van der Waals surface area contributed by atoms with Gasteiger partial charge in [-0.25, -0.2) is 0 Å². The maximum absolute atomic E-state index is 6.32. The number of hydrogen-bond donors (Lipinski definition) is 0. The molecule has 0 radical (unpaired) electrons. The van der Waals surface area contributed by atoms with E-state index in [2.05, 4.69) is 51.7 Å². The van der Waals surface area contributed by atoms with Crippen LogP contribution in [0.5, 0.6) is 5.88 Å². The molecule has 0 spiro atoms. The number of aromatic nitrogens is 2. The normalized spacial score (nSPS) is 19.6. The van der Waals surface area contributed by atoms with Gasteiger partial charge < -0.3 is 14.5 Å². The molecule has 2 saturated heterocycles. The fourth-order valence-corrected chi connectivity index (χ4v) is 5.54. The van der Waals surface area contributed by atoms with Crippen molar-refractivity contribution < 1.29 is 4.74 Å². The Labute approximate surface area is 208 Å². The molecule has 182 valence electrons. The van der Waals surface area contributed by atoms with Crippen molar-refractivity contribution in [3.05, 3.63) is 53.1 Å². The maximum Gasteiger partial charge on any atom is 0.240 e. The van der Waals surface area contributed by atoms with E-state index in [9.17, 15) is 0 Å². The molecule has 0 N–H and O–H groups in total. The Morgan fingerprint density at radius 2 is 1.76 bits per heavy atom. The standard InChI is InChI=1S/C28H37ClN4O/c1-22-8-6-17-31(22)18-7-19-34-28-26-20-25(32-15-4-2-3-5-16-32)13-14-27(26)33(30-28)21-23-9-11-24(29)12-10-23/h9-14,20,22H,2-8,15-19,21H2,1H3/t22-/m0/s1. The molecule has 2 fully saturated rings. The lowest BCUT2D eigenvalue weighted by molar-refractivity contribution is 0.227. The summed E-state index contributed by atoms with van der Waals surface area (Å²) in [7, 11) is 0. The van der Waals surface area contributed by atoms with Gasteiger partial charge in [-0.2, -0.15) is 0 Å². The van der Waals surface area contributed by atoms with Crippen molar-refractivity contribution in [2.24, 2.45) is 0 Å². The Bertz CT molecular complexity index is 1070. The van der Waals surface area contributed by atoms with Gasteiger partial charge in [0.2, 0.25) is 5.88 Å². The van der Waals surface area contributed by atoms with Crippen molar-refractivity contribution in [1.82, 2.24) is 14.7 Å². The highest BCUT2D eigenvalue weighted by Crippen LogP contribution is 2.31. The second kappa shape index (κ2) is 11.0. The van der Waals surface area contributed by atoms with Crippen molar-refractivity contribution in [3.63, 3.8) is 0 Å². The number of nitrogens with zero attached hydrogens (tertiary/aromatic N) is 4. The van der Waals surface area contributed by atoms with E-state index in [1.165, 1.54) is 56.3 Å². The van der Waals surface area contributed by atoms with E-state index in [4.69, 9.17) is 21.4 Å². The Hall–Kier alpha value is -2.24. The lowest BCUT2D eigenvalue weighted by atomic mass is 10.2. The van der Waals surface area contributed by atoms with E-state index < -0.39 is 0 Å². The smallest absolute Gasteiger partial charge is 0.240 e. The third-order valence-corrected chi connectivity index (χ3v) is 7.69. The minimum atomic E-state index is 0.699. The number of likely N-dealkylation sites (tertiary alicyclic amines) is 1. The van der Waals surface area contributed by atoms with E-state index in [-0.39, 0.29) is 0 Å². The van der Waals surface area contributed by atoms with Crippen LogP contribution in [0.1, 0.15) is 57.4 Å². The summed E-state index contributed by atoms with van der Waals surface area (Å²) in [6.45, 7) is 8.33. The summed E-state index contributed by atoms with van der Waals surface area (Å²) in [4.78, 5) is 5.11. The number of hydrogen-bond acceptors (Lipinski definition) is 4. The van der Waals surface area contributed by atoms with Crippen LogP contribution in [0.3, 0.4) is 0 Å². The molecule has 34 heavy (non-hydrogen) atoms. The maximum atomic E-state index is 6.32. The topological polar surface area (TPSA) is 33.5 Å². The fraction of sp³-hybridized carbons (Fsp3) is 0.536. The van der Waals surface area contributed by atoms with Crippen molar-refractivity contribution >= 4 is 28.2 Å². The van der Waals surface area contributed by atoms with Gasteiger partial charge in [-0.1, -0.05) is 36.6 Å². The number of halogens is 1. The quantitative estimate of drug-likeness (QED) is 0.351. The molecule has 0 bridgehead atoms. The van der Waals surface area contributed by atoms with Crippen LogP contribution >= 0.6 is 11.6 Å². The first-order chi connectivity index (χ1) is 16.7. The highest BCUT2D eigenvalue weighted by Gasteiger charge is 2.20. The summed E-state index contributed by atoms with van der Waals surface area (Å²) in [6.07, 6.45) is 8.88. The zero-order chi connectivity index (χ0) is 23.3. The first-order valence-corrected chi connectivity index (χ1v) is 13.4. The lowest BCUT2D eigenvalue weighted by Crippen LogP contribution is -2.28. The van der Waals surface area contributed by atoms with Gasteiger partial charge in [0.25, 0.3) is 0 Å². The van der Waals surface area contributed by atoms with Crippen LogP contribution < -0.4 is 9.64 Å². The summed E-state index contributed by atoms with van der Waals surface area (Å²) in [5, 5.41) is 6.80. The molecule has 5 nitrogen and oxygen atoms in total. The summed E-state index contributed by atoms with van der Waals surface area (Å²) in [6, 6.07) is 15.5. The van der Waals surface area contributed by atoms with Crippen LogP contribution in [0.25, 0.3) is 10.9 Å². The molecule has 2 aliphatic rings. The Kier molecular flexibility index (Phi) is 7.60. The van der Waals surface area contributed by atoms with Crippen LogP contribution in [0, 0.1) is 0 Å². The highest BCUT2D eigenvalue weighted by molar-refractivity contribution is 6.30. The molecule has 0 saturated carbocycles. The molecule has 1 atom stereocenters. The largest absolute Gasteiger partial charge is 0.476 e. The molecule has 0 amide bonds. The predicted octanol–water partition coefficient (Wildman–Crippen LogP) is 6.37. The van der Waals surface area contributed by atoms with Gasteiger partial charge in [0.15, 0.2) is 0 Å². The molecule has 3 heterocycles. The third-order valence-electron chi connectivity index (χ3n) is 7.44. The van der Waals surface area contributed by atoms with Crippen LogP contribution in [-0.4, -0.2) is 53.5 Å². The Morgan fingerprint density at radius 1 is 0.971 bits per heavy atom. The third kappa shape index (κ3) is 5.52. The number of rotatable bonds is 8. The van der Waals surface area contributed by atoms with Crippen LogP contribution in [0.15, 0.2) is 42.5 Å². The molecule has 2 aromatic carbocycles. The van der Waals surface area contributed by atoms with Crippen molar-refractivity contribution in [3.8, 4) is 5.88 Å². The minimum absolute atomic E-state index is 0.699. The van der Waals surface area contributed by atoms with Crippen LogP contribution in [-0.2, 0) is 6.54 Å². The zero-order valence-electron chi connectivity index (χ0n) is 20.4. The molecule has 2 aliphatic heterocycles. The monoisotopic (exact) mass is 480 g/mol. The van der Waals surface area contributed by atoms with Crippen molar-refractivity contribution in [2.75, 3.05) is 37.7 Å². The summed E-state index contributed by atoms with van der Waals surface area (Å²) in [5.41, 5.74) is 3.59. The van der Waals surface area contributed by atoms with Gasteiger partial charge in [0.05, 0.1) is 24.1 Å². The van der Waals surface area contributed by atoms with E-state index in [1.807, 2.05) is 12.1 Å². The lowest BCUT2D eigenvalue weighted by Gasteiger charge is -2.22.